The zero-order valence-corrected chi connectivity index (χ0v) is 13.6. The third-order valence-electron chi connectivity index (χ3n) is 4.61. The van der Waals surface area contributed by atoms with Gasteiger partial charge in [-0.05, 0) is 24.0 Å². The number of hydrogen-bond donors (Lipinski definition) is 2. The van der Waals surface area contributed by atoms with E-state index < -0.39 is 5.97 Å². The fourth-order valence-corrected chi connectivity index (χ4v) is 3.33. The minimum atomic E-state index is -0.904. The third kappa shape index (κ3) is 4.01. The number of carboxylic acid groups (broad SMARTS) is 1. The van der Waals surface area contributed by atoms with Crippen LogP contribution in [-0.2, 0) is 16.0 Å². The average molecular weight is 346 g/mol. The lowest BCUT2D eigenvalue weighted by Gasteiger charge is -2.16. The lowest BCUT2D eigenvalue weighted by Crippen LogP contribution is -2.29. The smallest absolute Gasteiger partial charge is 0.303 e. The highest BCUT2D eigenvalue weighted by Gasteiger charge is 2.38. The monoisotopic (exact) mass is 346 g/mol. The van der Waals surface area contributed by atoms with Crippen molar-refractivity contribution in [1.29, 1.82) is 0 Å². The Bertz CT molecular complexity index is 750. The van der Waals surface area contributed by atoms with Crippen molar-refractivity contribution in [1.82, 2.24) is 20.3 Å². The molecule has 1 amide bonds. The zero-order valence-electron chi connectivity index (χ0n) is 13.6. The first kappa shape index (κ1) is 17.1. The van der Waals surface area contributed by atoms with Gasteiger partial charge < -0.3 is 10.0 Å². The molecule has 2 N–H and O–H groups in total. The molecule has 0 spiro atoms. The number of hydrogen-bond acceptors (Lipinski definition) is 4. The Morgan fingerprint density at radius 2 is 2.12 bits per heavy atom. The van der Waals surface area contributed by atoms with Gasteiger partial charge in [-0.2, -0.15) is 15.4 Å². The maximum absolute atomic E-state index is 13.7. The summed E-state index contributed by atoms with van der Waals surface area (Å²) >= 11 is 0. The standard InChI is InChI=1S/C17H19FN4O3/c18-14-4-2-1-3-11(14)5-6-16(23)22-9-12(7-17(24)25)13(10-22)15-8-19-21-20-15/h1-4,8,12-13H,5-7,9-10H2,(H,24,25)(H,19,20,21)/t12-,13+/m0/s1. The fraction of sp³-hybridized carbons (Fsp3) is 0.412. The molecule has 0 saturated carbocycles. The second-order valence-corrected chi connectivity index (χ2v) is 6.25. The summed E-state index contributed by atoms with van der Waals surface area (Å²) < 4.78 is 13.7. The van der Waals surface area contributed by atoms with Gasteiger partial charge in [0.15, 0.2) is 0 Å². The zero-order chi connectivity index (χ0) is 17.8. The van der Waals surface area contributed by atoms with Crippen molar-refractivity contribution < 1.29 is 19.1 Å². The number of nitrogens with zero attached hydrogens (tertiary/aromatic N) is 3. The number of halogens is 1. The number of aliphatic carboxylic acids is 1. The normalized spacial score (nSPS) is 20.0. The molecule has 8 heteroatoms. The molecule has 1 fully saturated rings. The highest BCUT2D eigenvalue weighted by Crippen LogP contribution is 2.34. The number of aromatic amines is 1. The Hall–Kier alpha value is -2.77. The van der Waals surface area contributed by atoms with Gasteiger partial charge >= 0.3 is 5.97 Å². The molecule has 1 aliphatic rings. The van der Waals surface area contributed by atoms with Gasteiger partial charge in [0.05, 0.1) is 18.3 Å². The van der Waals surface area contributed by atoms with E-state index >= 15 is 0 Å². The molecule has 7 nitrogen and oxygen atoms in total. The van der Waals surface area contributed by atoms with Crippen molar-refractivity contribution >= 4 is 11.9 Å². The van der Waals surface area contributed by atoms with Gasteiger partial charge in [0.25, 0.3) is 0 Å². The van der Waals surface area contributed by atoms with Crippen molar-refractivity contribution in [2.24, 2.45) is 5.92 Å². The van der Waals surface area contributed by atoms with E-state index in [1.807, 2.05) is 0 Å². The Morgan fingerprint density at radius 1 is 1.32 bits per heavy atom. The second-order valence-electron chi connectivity index (χ2n) is 6.25. The summed E-state index contributed by atoms with van der Waals surface area (Å²) in [5.41, 5.74) is 1.17. The Labute approximate surface area is 143 Å². The molecule has 1 aromatic heterocycles. The first-order valence-electron chi connectivity index (χ1n) is 8.13. The number of rotatable bonds is 6. The number of carbonyl (C=O) groups is 2. The van der Waals surface area contributed by atoms with Crippen LogP contribution < -0.4 is 0 Å². The molecule has 1 aliphatic heterocycles. The van der Waals surface area contributed by atoms with Crippen LogP contribution in [0.3, 0.4) is 0 Å². The molecule has 0 unspecified atom stereocenters. The molecule has 0 bridgehead atoms. The van der Waals surface area contributed by atoms with Crippen LogP contribution in [0.1, 0.15) is 30.0 Å². The Kier molecular flexibility index (Phi) is 5.06. The number of aryl methyl sites for hydroxylation is 1. The molecule has 0 radical (unpaired) electrons. The molecule has 1 saturated heterocycles. The van der Waals surface area contributed by atoms with Crippen LogP contribution in [0.15, 0.2) is 30.5 Å². The van der Waals surface area contributed by atoms with Gasteiger partial charge in [0.2, 0.25) is 5.91 Å². The second kappa shape index (κ2) is 7.42. The maximum atomic E-state index is 13.7. The van der Waals surface area contributed by atoms with Crippen molar-refractivity contribution in [2.75, 3.05) is 13.1 Å². The lowest BCUT2D eigenvalue weighted by atomic mass is 9.91. The van der Waals surface area contributed by atoms with Gasteiger partial charge in [-0.15, -0.1) is 0 Å². The largest absolute Gasteiger partial charge is 0.481 e. The van der Waals surface area contributed by atoms with Crippen LogP contribution in [0, 0.1) is 11.7 Å². The van der Waals surface area contributed by atoms with E-state index in [1.54, 1.807) is 29.3 Å². The highest BCUT2D eigenvalue weighted by molar-refractivity contribution is 5.77. The fourth-order valence-electron chi connectivity index (χ4n) is 3.33. The van der Waals surface area contributed by atoms with E-state index in [2.05, 4.69) is 15.4 Å². The van der Waals surface area contributed by atoms with Gasteiger partial charge in [-0.3, -0.25) is 9.59 Å². The van der Waals surface area contributed by atoms with Crippen LogP contribution in [-0.4, -0.2) is 50.4 Å². The molecule has 132 valence electrons. The number of nitrogens with one attached hydrogen (secondary N) is 1. The number of carboxylic acids is 1. The number of benzene rings is 1. The molecule has 2 atom stereocenters. The molecule has 25 heavy (non-hydrogen) atoms. The predicted octanol–water partition coefficient (Wildman–Crippen LogP) is 1.59. The highest BCUT2D eigenvalue weighted by atomic mass is 19.1. The predicted molar refractivity (Wildman–Crippen MR) is 86.2 cm³/mol. The van der Waals surface area contributed by atoms with Crippen molar-refractivity contribution in [3.05, 3.63) is 47.5 Å². The van der Waals surface area contributed by atoms with Gasteiger partial charge in [0.1, 0.15) is 5.82 Å². The van der Waals surface area contributed by atoms with Gasteiger partial charge in [-0.1, -0.05) is 18.2 Å². The van der Waals surface area contributed by atoms with Crippen LogP contribution in [0.2, 0.25) is 0 Å². The molecule has 3 rings (SSSR count). The lowest BCUT2D eigenvalue weighted by molar-refractivity contribution is -0.138. The summed E-state index contributed by atoms with van der Waals surface area (Å²) in [5, 5.41) is 19.4. The minimum Gasteiger partial charge on any atom is -0.481 e. The van der Waals surface area contributed by atoms with Crippen LogP contribution in [0.4, 0.5) is 4.39 Å². The topological polar surface area (TPSA) is 99.2 Å². The van der Waals surface area contributed by atoms with E-state index in [9.17, 15) is 14.0 Å². The summed E-state index contributed by atoms with van der Waals surface area (Å²) in [4.78, 5) is 25.2. The third-order valence-corrected chi connectivity index (χ3v) is 4.61. The van der Waals surface area contributed by atoms with E-state index in [4.69, 9.17) is 5.11 Å². The molecular weight excluding hydrogens is 327 g/mol. The summed E-state index contributed by atoms with van der Waals surface area (Å²) in [6, 6.07) is 6.39. The number of H-pyrrole nitrogens is 1. The van der Waals surface area contributed by atoms with E-state index in [1.165, 1.54) is 6.07 Å². The molecule has 2 heterocycles. The number of aromatic nitrogens is 3. The van der Waals surface area contributed by atoms with Crippen molar-refractivity contribution in [3.8, 4) is 0 Å². The Morgan fingerprint density at radius 3 is 2.80 bits per heavy atom. The number of carbonyl (C=O) groups excluding carboxylic acids is 1. The van der Waals surface area contributed by atoms with Crippen molar-refractivity contribution in [3.63, 3.8) is 0 Å². The van der Waals surface area contributed by atoms with Crippen LogP contribution >= 0.6 is 0 Å². The molecule has 0 aliphatic carbocycles. The van der Waals surface area contributed by atoms with E-state index in [0.717, 1.165) is 0 Å². The first-order valence-corrected chi connectivity index (χ1v) is 8.13. The van der Waals surface area contributed by atoms with Gasteiger partial charge in [0, 0.05) is 25.4 Å². The summed E-state index contributed by atoms with van der Waals surface area (Å²) in [7, 11) is 0. The number of likely N-dealkylation sites (tertiary alicyclic amines) is 1. The SMILES string of the molecule is O=C(O)C[C@H]1CN(C(=O)CCc2ccccc2F)C[C@H]1c1cn[nH]n1. The van der Waals surface area contributed by atoms with Crippen LogP contribution in [0.25, 0.3) is 0 Å². The number of amides is 1. The average Bonchev–Trinajstić information content (AvgIpc) is 3.22. The minimum absolute atomic E-state index is 0.0331. The summed E-state index contributed by atoms with van der Waals surface area (Å²) in [5.74, 6) is -1.70. The Balaban J connectivity index is 1.65. The summed E-state index contributed by atoms with van der Waals surface area (Å²) in [6.45, 7) is 0.764. The molecule has 1 aromatic carbocycles. The quantitative estimate of drug-likeness (QED) is 0.827. The molecule has 2 aromatic rings. The van der Waals surface area contributed by atoms with Gasteiger partial charge in [-0.25, -0.2) is 4.39 Å². The maximum Gasteiger partial charge on any atom is 0.303 e. The van der Waals surface area contributed by atoms with Crippen LogP contribution in [0.5, 0.6) is 0 Å². The molecular formula is C17H19FN4O3. The van der Waals surface area contributed by atoms with E-state index in [-0.39, 0.29) is 36.4 Å². The summed E-state index contributed by atoms with van der Waals surface area (Å²) in [6.07, 6.45) is 2.04. The van der Waals surface area contributed by atoms with E-state index in [0.29, 0.717) is 30.8 Å². The first-order chi connectivity index (χ1) is 12.0. The van der Waals surface area contributed by atoms with Crippen molar-refractivity contribution in [2.45, 2.75) is 25.2 Å².